The van der Waals surface area contributed by atoms with Gasteiger partial charge < -0.3 is 15.0 Å². The van der Waals surface area contributed by atoms with Crippen molar-refractivity contribution in [3.05, 3.63) is 52.5 Å². The molecule has 2 atom stereocenters. The molecule has 2 aromatic rings. The van der Waals surface area contributed by atoms with Gasteiger partial charge in [0.25, 0.3) is 11.8 Å². The van der Waals surface area contributed by atoms with Crippen LogP contribution >= 0.6 is 11.6 Å². The molecule has 2 unspecified atom stereocenters. The van der Waals surface area contributed by atoms with Crippen molar-refractivity contribution in [2.45, 2.75) is 129 Å². The minimum atomic E-state index is -3.95. The van der Waals surface area contributed by atoms with Gasteiger partial charge in [0.15, 0.2) is 11.8 Å². The van der Waals surface area contributed by atoms with Gasteiger partial charge in [0.1, 0.15) is 11.8 Å². The minimum Gasteiger partial charge on any atom is -0.493 e. The Bertz CT molecular complexity index is 1780. The number of ketones is 1. The molecule has 2 N–H and O–H groups in total. The maximum absolute atomic E-state index is 13.6. The molecule has 2 aromatic carbocycles. The summed E-state index contributed by atoms with van der Waals surface area (Å²) in [4.78, 5) is 55.5. The molecule has 4 amide bonds. The lowest BCUT2D eigenvalue weighted by Gasteiger charge is -2.30. The Morgan fingerprint density at radius 1 is 0.962 bits per heavy atom. The number of unbranched alkanes of at least 4 members (excludes halogenated alkanes) is 1. The first kappa shape index (κ1) is 41.3. The van der Waals surface area contributed by atoms with E-state index in [0.29, 0.717) is 38.8 Å². The predicted octanol–water partition coefficient (Wildman–Crippen LogP) is 7.20. The summed E-state index contributed by atoms with van der Waals surface area (Å²) in [5.41, 5.74) is 1.41. The Labute approximate surface area is 314 Å². The minimum absolute atomic E-state index is 0.0333. The highest BCUT2D eigenvalue weighted by atomic mass is 35.5. The van der Waals surface area contributed by atoms with Gasteiger partial charge in [0.05, 0.1) is 22.2 Å². The summed E-state index contributed by atoms with van der Waals surface area (Å²) < 4.78 is 35.1. The number of halogens is 1. The number of hydrogen-bond donors (Lipinski definition) is 2. The number of benzene rings is 2. The van der Waals surface area contributed by atoms with Crippen LogP contribution in [-0.2, 0) is 35.2 Å². The molecule has 2 heterocycles. The number of urea groups is 1. The smallest absolute Gasteiger partial charge is 0.328 e. The number of ether oxygens (including phenoxy) is 1. The number of anilines is 1. The van der Waals surface area contributed by atoms with E-state index in [0.717, 1.165) is 23.5 Å². The van der Waals surface area contributed by atoms with Crippen LogP contribution in [0.25, 0.3) is 0 Å². The van der Waals surface area contributed by atoms with Crippen molar-refractivity contribution in [1.82, 2.24) is 14.5 Å². The lowest BCUT2D eigenvalue weighted by molar-refractivity contribution is -0.143. The monoisotopic (exact) mass is 758 g/mol. The van der Waals surface area contributed by atoms with E-state index >= 15 is 0 Å². The van der Waals surface area contributed by atoms with E-state index in [9.17, 15) is 27.6 Å². The Kier molecular flexibility index (Phi) is 12.6. The second-order valence-corrected chi connectivity index (χ2v) is 18.3. The second-order valence-electron chi connectivity index (χ2n) is 16.1. The summed E-state index contributed by atoms with van der Waals surface area (Å²) in [5, 5.41) is 2.46. The third kappa shape index (κ3) is 8.82. The zero-order valence-corrected chi connectivity index (χ0v) is 33.6. The van der Waals surface area contributed by atoms with Crippen molar-refractivity contribution in [2.75, 3.05) is 25.0 Å². The van der Waals surface area contributed by atoms with Crippen LogP contribution in [0, 0.1) is 5.41 Å². The standard InChI is InChI=1S/C39H55ClN4O7S/c1-10-38(6,7)25-16-19-31(27(23-25)39(8,9)11-2)51-22-13-12-20-41-52(49,50)26-17-18-29(28(40)24-26)42-34(46)32(33(45)37(3,4)5)44-35(47)30-15-14-21-43(30)36(44)48/h16-19,23-24,30,32,41H,10-15,20-22H2,1-9H3,(H,42,46). The number of amides is 4. The molecule has 4 rings (SSSR count). The lowest BCUT2D eigenvalue weighted by Crippen LogP contribution is -2.55. The summed E-state index contributed by atoms with van der Waals surface area (Å²) in [6.45, 7) is 19.0. The summed E-state index contributed by atoms with van der Waals surface area (Å²) in [6, 6.07) is 7.17. The van der Waals surface area contributed by atoms with Gasteiger partial charge in [-0.15, -0.1) is 0 Å². The van der Waals surface area contributed by atoms with Gasteiger partial charge >= 0.3 is 6.03 Å². The molecule has 0 aromatic heterocycles. The van der Waals surface area contributed by atoms with Crippen LogP contribution in [0.1, 0.15) is 112 Å². The summed E-state index contributed by atoms with van der Waals surface area (Å²) in [5.74, 6) is -1.26. The molecular formula is C39H55ClN4O7S. The maximum Gasteiger partial charge on any atom is 0.328 e. The molecule has 286 valence electrons. The number of fused-ring (bicyclic) bond motifs is 1. The fourth-order valence-corrected chi connectivity index (χ4v) is 7.70. The van der Waals surface area contributed by atoms with Gasteiger partial charge in [-0.2, -0.15) is 0 Å². The lowest BCUT2D eigenvalue weighted by atomic mass is 9.76. The molecule has 52 heavy (non-hydrogen) atoms. The highest BCUT2D eigenvalue weighted by Gasteiger charge is 2.54. The molecule has 2 aliphatic rings. The topological polar surface area (TPSA) is 142 Å². The third-order valence-electron chi connectivity index (χ3n) is 10.6. The second kappa shape index (κ2) is 15.9. The highest BCUT2D eigenvalue weighted by molar-refractivity contribution is 7.89. The van der Waals surface area contributed by atoms with Gasteiger partial charge in [0, 0.05) is 24.1 Å². The zero-order chi connectivity index (χ0) is 38.8. The van der Waals surface area contributed by atoms with E-state index in [1.807, 2.05) is 0 Å². The van der Waals surface area contributed by atoms with Gasteiger partial charge in [-0.05, 0) is 79.2 Å². The molecule has 2 saturated heterocycles. The number of sulfonamides is 1. The Morgan fingerprint density at radius 3 is 2.23 bits per heavy atom. The number of hydrogen-bond acceptors (Lipinski definition) is 7. The van der Waals surface area contributed by atoms with Gasteiger partial charge in [-0.3, -0.25) is 14.4 Å². The molecule has 0 spiro atoms. The first-order valence-corrected chi connectivity index (χ1v) is 20.1. The number of imide groups is 1. The first-order valence-electron chi connectivity index (χ1n) is 18.2. The van der Waals surface area contributed by atoms with E-state index in [1.54, 1.807) is 20.8 Å². The van der Waals surface area contributed by atoms with Crippen molar-refractivity contribution in [3.8, 4) is 5.75 Å². The molecule has 0 aliphatic carbocycles. The average molecular weight is 759 g/mol. The molecule has 2 aliphatic heterocycles. The molecular weight excluding hydrogens is 704 g/mol. The first-order chi connectivity index (χ1) is 24.2. The van der Waals surface area contributed by atoms with E-state index < -0.39 is 51.2 Å². The fraction of sp³-hybridized carbons (Fsp3) is 0.590. The quantitative estimate of drug-likeness (QED) is 0.105. The van der Waals surface area contributed by atoms with Crippen LogP contribution in [0.3, 0.4) is 0 Å². The van der Waals surface area contributed by atoms with Crippen LogP contribution in [0.4, 0.5) is 10.5 Å². The highest BCUT2D eigenvalue weighted by Crippen LogP contribution is 2.39. The summed E-state index contributed by atoms with van der Waals surface area (Å²) >= 11 is 6.44. The molecule has 11 nitrogen and oxygen atoms in total. The van der Waals surface area contributed by atoms with Crippen molar-refractivity contribution >= 4 is 50.9 Å². The molecule has 0 bridgehead atoms. The number of carbonyl (C=O) groups is 4. The van der Waals surface area contributed by atoms with Crippen molar-refractivity contribution in [3.63, 3.8) is 0 Å². The van der Waals surface area contributed by atoms with Gasteiger partial charge in [-0.1, -0.05) is 86.0 Å². The van der Waals surface area contributed by atoms with Crippen LogP contribution < -0.4 is 14.8 Å². The largest absolute Gasteiger partial charge is 0.493 e. The fourth-order valence-electron chi connectivity index (χ4n) is 6.31. The maximum atomic E-state index is 13.6. The molecule has 2 fully saturated rings. The third-order valence-corrected chi connectivity index (χ3v) is 12.4. The number of Topliss-reactive ketones (excluding diaryl/α,β-unsaturated/α-hetero) is 1. The molecule has 0 saturated carbocycles. The van der Waals surface area contributed by atoms with E-state index in [1.165, 1.54) is 34.2 Å². The zero-order valence-electron chi connectivity index (χ0n) is 32.0. The summed E-state index contributed by atoms with van der Waals surface area (Å²) in [7, 11) is -3.95. The van der Waals surface area contributed by atoms with E-state index in [2.05, 4.69) is 69.8 Å². The Balaban J connectivity index is 1.37. The van der Waals surface area contributed by atoms with Crippen molar-refractivity contribution < 1.29 is 32.3 Å². The van der Waals surface area contributed by atoms with Crippen LogP contribution in [0.2, 0.25) is 5.02 Å². The van der Waals surface area contributed by atoms with E-state index in [4.69, 9.17) is 16.3 Å². The van der Waals surface area contributed by atoms with Crippen LogP contribution in [0.5, 0.6) is 5.75 Å². The van der Waals surface area contributed by atoms with Crippen LogP contribution in [-0.4, -0.2) is 73.6 Å². The average Bonchev–Trinajstić information content (AvgIpc) is 3.66. The predicted molar refractivity (Wildman–Crippen MR) is 203 cm³/mol. The number of rotatable bonds is 16. The van der Waals surface area contributed by atoms with Crippen molar-refractivity contribution in [1.29, 1.82) is 0 Å². The van der Waals surface area contributed by atoms with Crippen molar-refractivity contribution in [2.24, 2.45) is 5.41 Å². The Morgan fingerprint density at radius 2 is 1.63 bits per heavy atom. The van der Waals surface area contributed by atoms with Gasteiger partial charge in [-0.25, -0.2) is 22.8 Å². The Hall–Kier alpha value is -3.48. The molecule has 0 radical (unpaired) electrons. The molecule has 13 heteroatoms. The summed E-state index contributed by atoms with van der Waals surface area (Å²) in [6.07, 6.45) is 4.26. The van der Waals surface area contributed by atoms with Gasteiger partial charge in [0.2, 0.25) is 10.0 Å². The van der Waals surface area contributed by atoms with E-state index in [-0.39, 0.29) is 33.0 Å². The van der Waals surface area contributed by atoms with Crippen LogP contribution in [0.15, 0.2) is 41.3 Å². The number of nitrogens with one attached hydrogen (secondary N) is 2. The number of carbonyl (C=O) groups excluding carboxylic acids is 4. The number of nitrogens with zero attached hydrogens (tertiary/aromatic N) is 2. The SMILES string of the molecule is CCC(C)(C)c1ccc(OCCCCNS(=O)(=O)c2ccc(NC(=O)C(C(=O)C(C)(C)C)N3C(=O)C4CCCN4C3=O)c(Cl)c2)c(C(C)(C)CC)c1. The normalized spacial score (nSPS) is 17.4.